The minimum atomic E-state index is -0.941. The van der Waals surface area contributed by atoms with Gasteiger partial charge >= 0.3 is 5.97 Å². The van der Waals surface area contributed by atoms with E-state index in [2.05, 4.69) is 34.3 Å². The van der Waals surface area contributed by atoms with E-state index in [4.69, 9.17) is 9.72 Å². The van der Waals surface area contributed by atoms with Crippen molar-refractivity contribution >= 4 is 27.9 Å². The third-order valence-corrected chi connectivity index (χ3v) is 6.47. The summed E-state index contributed by atoms with van der Waals surface area (Å²) in [5.74, 6) is -0.0888. The average molecular weight is 418 g/mol. The minimum Gasteiger partial charge on any atom is -0.478 e. The SMILES string of the molecule is CCn1c2c(c3cc(-c4nc5cc(C(=O)O)ccc5n4CCOC)ccc31)CCCC2. The molecule has 160 valence electrons. The van der Waals surface area contributed by atoms with Crippen LogP contribution in [0.5, 0.6) is 0 Å². The number of methoxy groups -OCH3 is 1. The smallest absolute Gasteiger partial charge is 0.335 e. The summed E-state index contributed by atoms with van der Waals surface area (Å²) >= 11 is 0. The zero-order valence-corrected chi connectivity index (χ0v) is 18.0. The van der Waals surface area contributed by atoms with E-state index < -0.39 is 5.97 Å². The number of rotatable bonds is 6. The number of carbonyl (C=O) groups is 1. The number of aromatic nitrogens is 3. The molecule has 0 radical (unpaired) electrons. The Hall–Kier alpha value is -3.12. The molecule has 2 aromatic carbocycles. The van der Waals surface area contributed by atoms with Crippen molar-refractivity contribution in [1.82, 2.24) is 14.1 Å². The molecule has 1 N–H and O–H groups in total. The second-order valence-electron chi connectivity index (χ2n) is 8.20. The summed E-state index contributed by atoms with van der Waals surface area (Å²) in [5.41, 5.74) is 7.19. The molecule has 0 unspecified atom stereocenters. The number of carboxylic acids is 1. The molecule has 0 spiro atoms. The fraction of sp³-hybridized carbons (Fsp3) is 0.360. The second-order valence-corrected chi connectivity index (χ2v) is 8.20. The minimum absolute atomic E-state index is 0.250. The summed E-state index contributed by atoms with van der Waals surface area (Å²) in [4.78, 5) is 16.3. The van der Waals surface area contributed by atoms with Crippen LogP contribution in [0.25, 0.3) is 33.3 Å². The van der Waals surface area contributed by atoms with Gasteiger partial charge in [0.2, 0.25) is 0 Å². The van der Waals surface area contributed by atoms with Crippen molar-refractivity contribution in [2.45, 2.75) is 45.7 Å². The molecule has 4 aromatic rings. The lowest BCUT2D eigenvalue weighted by molar-refractivity contribution is 0.0697. The first-order valence-electron chi connectivity index (χ1n) is 11.0. The van der Waals surface area contributed by atoms with Crippen LogP contribution in [-0.2, 0) is 30.7 Å². The Morgan fingerprint density at radius 3 is 2.68 bits per heavy atom. The topological polar surface area (TPSA) is 69.3 Å². The Morgan fingerprint density at radius 1 is 1.10 bits per heavy atom. The molecule has 0 saturated carbocycles. The number of fused-ring (bicyclic) bond motifs is 4. The summed E-state index contributed by atoms with van der Waals surface area (Å²) in [7, 11) is 1.69. The molecule has 6 nitrogen and oxygen atoms in total. The quantitative estimate of drug-likeness (QED) is 0.484. The van der Waals surface area contributed by atoms with E-state index in [1.165, 1.54) is 35.0 Å². The van der Waals surface area contributed by atoms with Gasteiger partial charge in [-0.25, -0.2) is 9.78 Å². The van der Waals surface area contributed by atoms with Crippen molar-refractivity contribution < 1.29 is 14.6 Å². The summed E-state index contributed by atoms with van der Waals surface area (Å²) in [6.07, 6.45) is 4.78. The van der Waals surface area contributed by atoms with Gasteiger partial charge in [-0.05, 0) is 74.6 Å². The molecule has 2 heterocycles. The number of hydrogen-bond acceptors (Lipinski definition) is 3. The van der Waals surface area contributed by atoms with E-state index in [-0.39, 0.29) is 5.56 Å². The predicted octanol–water partition coefficient (Wildman–Crippen LogP) is 4.90. The van der Waals surface area contributed by atoms with Gasteiger partial charge in [0, 0.05) is 42.4 Å². The third-order valence-electron chi connectivity index (χ3n) is 6.47. The predicted molar refractivity (Wildman–Crippen MR) is 122 cm³/mol. The number of aromatic carboxylic acids is 1. The number of benzene rings is 2. The highest BCUT2D eigenvalue weighted by Crippen LogP contribution is 2.35. The molecule has 0 amide bonds. The van der Waals surface area contributed by atoms with Crippen LogP contribution in [0.3, 0.4) is 0 Å². The average Bonchev–Trinajstić information content (AvgIpc) is 3.32. The molecule has 0 aliphatic heterocycles. The zero-order chi connectivity index (χ0) is 21.5. The van der Waals surface area contributed by atoms with E-state index in [0.29, 0.717) is 18.7 Å². The highest BCUT2D eigenvalue weighted by Gasteiger charge is 2.21. The molecule has 31 heavy (non-hydrogen) atoms. The van der Waals surface area contributed by atoms with Gasteiger partial charge in [-0.15, -0.1) is 0 Å². The largest absolute Gasteiger partial charge is 0.478 e. The maximum Gasteiger partial charge on any atom is 0.335 e. The van der Waals surface area contributed by atoms with Crippen LogP contribution in [0.4, 0.5) is 0 Å². The van der Waals surface area contributed by atoms with Gasteiger partial charge in [-0.3, -0.25) is 0 Å². The second kappa shape index (κ2) is 7.85. The van der Waals surface area contributed by atoms with Crippen LogP contribution < -0.4 is 0 Å². The monoisotopic (exact) mass is 417 g/mol. The Morgan fingerprint density at radius 2 is 1.90 bits per heavy atom. The number of imidazole rings is 1. The first-order valence-corrected chi connectivity index (χ1v) is 11.0. The van der Waals surface area contributed by atoms with E-state index in [1.807, 2.05) is 6.07 Å². The van der Waals surface area contributed by atoms with Gasteiger partial charge in [0.15, 0.2) is 0 Å². The van der Waals surface area contributed by atoms with E-state index in [1.54, 1.807) is 19.2 Å². The van der Waals surface area contributed by atoms with Crippen molar-refractivity contribution in [2.24, 2.45) is 0 Å². The highest BCUT2D eigenvalue weighted by molar-refractivity contribution is 5.94. The Labute approximate surface area is 181 Å². The standard InChI is InChI=1S/C25H27N3O3/c1-3-27-21-7-5-4-6-18(21)19-14-16(8-10-22(19)27)24-26-20-15-17(25(29)30)9-11-23(20)28(24)12-13-31-2/h8-11,14-15H,3-7,12-13H2,1-2H3,(H,29,30). The van der Waals surface area contributed by atoms with Crippen molar-refractivity contribution in [3.63, 3.8) is 0 Å². The number of hydrogen-bond donors (Lipinski definition) is 1. The van der Waals surface area contributed by atoms with Gasteiger partial charge in [0.1, 0.15) is 5.82 Å². The summed E-state index contributed by atoms with van der Waals surface area (Å²) in [5, 5.41) is 10.7. The first kappa shape index (κ1) is 19.8. The van der Waals surface area contributed by atoms with Crippen LogP contribution in [-0.4, -0.2) is 38.9 Å². The fourth-order valence-electron chi connectivity index (χ4n) is 5.03. The Balaban J connectivity index is 1.71. The molecule has 0 saturated heterocycles. The van der Waals surface area contributed by atoms with Crippen LogP contribution in [0.2, 0.25) is 0 Å². The van der Waals surface area contributed by atoms with E-state index in [9.17, 15) is 9.90 Å². The number of ether oxygens (including phenoxy) is 1. The zero-order valence-electron chi connectivity index (χ0n) is 18.0. The summed E-state index contributed by atoms with van der Waals surface area (Å²) in [6.45, 7) is 4.41. The third kappa shape index (κ3) is 3.22. The van der Waals surface area contributed by atoms with Gasteiger partial charge < -0.3 is 19.0 Å². The lowest BCUT2D eigenvalue weighted by Gasteiger charge is -2.14. The summed E-state index contributed by atoms with van der Waals surface area (Å²) in [6, 6.07) is 11.8. The molecule has 5 rings (SSSR count). The molecule has 2 aromatic heterocycles. The number of nitrogens with zero attached hydrogens (tertiary/aromatic N) is 3. The van der Waals surface area contributed by atoms with Crippen LogP contribution in [0.1, 0.15) is 41.4 Å². The maximum absolute atomic E-state index is 11.4. The molecule has 0 fully saturated rings. The normalized spacial score (nSPS) is 13.7. The van der Waals surface area contributed by atoms with Crippen LogP contribution in [0, 0.1) is 0 Å². The van der Waals surface area contributed by atoms with Gasteiger partial charge in [-0.1, -0.05) is 0 Å². The molecule has 0 bridgehead atoms. The number of carboxylic acid groups (broad SMARTS) is 1. The lowest BCUT2D eigenvalue weighted by Crippen LogP contribution is -2.06. The van der Waals surface area contributed by atoms with Crippen molar-refractivity contribution in [1.29, 1.82) is 0 Å². The van der Waals surface area contributed by atoms with Crippen molar-refractivity contribution in [3.05, 3.63) is 53.2 Å². The van der Waals surface area contributed by atoms with Crippen LogP contribution in [0.15, 0.2) is 36.4 Å². The maximum atomic E-state index is 11.4. The highest BCUT2D eigenvalue weighted by atomic mass is 16.5. The first-order chi connectivity index (χ1) is 15.1. The molecule has 0 atom stereocenters. The molecule has 1 aliphatic carbocycles. The lowest BCUT2D eigenvalue weighted by atomic mass is 9.95. The van der Waals surface area contributed by atoms with Crippen molar-refractivity contribution in [2.75, 3.05) is 13.7 Å². The fourth-order valence-corrected chi connectivity index (χ4v) is 5.03. The molecular weight excluding hydrogens is 390 g/mol. The van der Waals surface area contributed by atoms with Gasteiger partial charge in [-0.2, -0.15) is 0 Å². The number of aryl methyl sites for hydroxylation is 2. The van der Waals surface area contributed by atoms with Crippen molar-refractivity contribution in [3.8, 4) is 11.4 Å². The Bertz CT molecular complexity index is 1300. The van der Waals surface area contributed by atoms with Gasteiger partial charge in [0.05, 0.1) is 23.2 Å². The van der Waals surface area contributed by atoms with E-state index >= 15 is 0 Å². The molecule has 6 heteroatoms. The summed E-state index contributed by atoms with van der Waals surface area (Å²) < 4.78 is 9.93. The van der Waals surface area contributed by atoms with Crippen LogP contribution >= 0.6 is 0 Å². The Kier molecular flexibility index (Phi) is 5.02. The van der Waals surface area contributed by atoms with E-state index in [0.717, 1.165) is 36.3 Å². The molecule has 1 aliphatic rings. The van der Waals surface area contributed by atoms with Gasteiger partial charge in [0.25, 0.3) is 0 Å². The molecular formula is C25H27N3O3.